The van der Waals surface area contributed by atoms with Gasteiger partial charge in [0.15, 0.2) is 0 Å². The van der Waals surface area contributed by atoms with Crippen LogP contribution in [0, 0.1) is 5.92 Å². The topological polar surface area (TPSA) is 88.3 Å². The van der Waals surface area contributed by atoms with Crippen molar-refractivity contribution in [2.45, 2.75) is 25.8 Å². The SMILES string of the molecule is CC1CCN(C(=O)CNC(=O)c2ccccn2)C(CN)C1.Cl.Cl. The number of nitrogens with two attached hydrogens (primary N) is 1. The zero-order valence-electron chi connectivity index (χ0n) is 13.1. The van der Waals surface area contributed by atoms with Gasteiger partial charge in [0.25, 0.3) is 5.91 Å². The Hall–Kier alpha value is -1.37. The Kier molecular flexibility index (Phi) is 9.79. The number of piperidine rings is 1. The van der Waals surface area contributed by atoms with Crippen LogP contribution in [-0.2, 0) is 4.79 Å². The first-order chi connectivity index (χ1) is 10.1. The number of nitrogens with zero attached hydrogens (tertiary/aromatic N) is 2. The van der Waals surface area contributed by atoms with Gasteiger partial charge in [0, 0.05) is 25.3 Å². The molecule has 1 aromatic rings. The van der Waals surface area contributed by atoms with Crippen molar-refractivity contribution in [1.82, 2.24) is 15.2 Å². The lowest BCUT2D eigenvalue weighted by atomic mass is 9.92. The Balaban J connectivity index is 0.00000242. The normalized spacial score (nSPS) is 20.0. The third kappa shape index (κ3) is 5.97. The highest BCUT2D eigenvalue weighted by molar-refractivity contribution is 5.94. The van der Waals surface area contributed by atoms with E-state index in [2.05, 4.69) is 17.2 Å². The van der Waals surface area contributed by atoms with Gasteiger partial charge in [-0.1, -0.05) is 13.0 Å². The van der Waals surface area contributed by atoms with Crippen LogP contribution in [0.15, 0.2) is 24.4 Å². The van der Waals surface area contributed by atoms with Gasteiger partial charge in [0.1, 0.15) is 5.69 Å². The van der Waals surface area contributed by atoms with E-state index in [1.165, 1.54) is 0 Å². The number of rotatable bonds is 4. The summed E-state index contributed by atoms with van der Waals surface area (Å²) in [4.78, 5) is 29.9. The second-order valence-corrected chi connectivity index (χ2v) is 5.50. The molecule has 1 aromatic heterocycles. The van der Waals surface area contributed by atoms with Gasteiger partial charge in [0.2, 0.25) is 5.91 Å². The monoisotopic (exact) mass is 362 g/mol. The maximum atomic E-state index is 12.2. The highest BCUT2D eigenvalue weighted by Gasteiger charge is 2.28. The molecule has 2 amide bonds. The summed E-state index contributed by atoms with van der Waals surface area (Å²) in [6, 6.07) is 5.17. The van der Waals surface area contributed by atoms with E-state index in [0.717, 1.165) is 12.8 Å². The first-order valence-corrected chi connectivity index (χ1v) is 7.30. The van der Waals surface area contributed by atoms with Crippen molar-refractivity contribution in [3.63, 3.8) is 0 Å². The van der Waals surface area contributed by atoms with Crippen molar-refractivity contribution in [3.05, 3.63) is 30.1 Å². The summed E-state index contributed by atoms with van der Waals surface area (Å²) in [5.74, 6) is 0.172. The molecule has 2 atom stereocenters. The Bertz CT molecular complexity index is 502. The Morgan fingerprint density at radius 1 is 1.39 bits per heavy atom. The fraction of sp³-hybridized carbons (Fsp3) is 0.533. The van der Waals surface area contributed by atoms with E-state index in [9.17, 15) is 9.59 Å². The highest BCUT2D eigenvalue weighted by atomic mass is 35.5. The van der Waals surface area contributed by atoms with Gasteiger partial charge in [-0.05, 0) is 30.9 Å². The second-order valence-electron chi connectivity index (χ2n) is 5.50. The van der Waals surface area contributed by atoms with Crippen molar-refractivity contribution < 1.29 is 9.59 Å². The van der Waals surface area contributed by atoms with Gasteiger partial charge in [-0.3, -0.25) is 14.6 Å². The van der Waals surface area contributed by atoms with Gasteiger partial charge in [-0.25, -0.2) is 0 Å². The van der Waals surface area contributed by atoms with Gasteiger partial charge >= 0.3 is 0 Å². The number of pyridine rings is 1. The summed E-state index contributed by atoms with van der Waals surface area (Å²) in [7, 11) is 0. The van der Waals surface area contributed by atoms with E-state index >= 15 is 0 Å². The zero-order valence-corrected chi connectivity index (χ0v) is 14.7. The van der Waals surface area contributed by atoms with Crippen LogP contribution >= 0.6 is 24.8 Å². The number of carbonyl (C=O) groups is 2. The summed E-state index contributed by atoms with van der Waals surface area (Å²) < 4.78 is 0. The van der Waals surface area contributed by atoms with Crippen LogP contribution in [0.5, 0.6) is 0 Å². The van der Waals surface area contributed by atoms with E-state index in [1.54, 1.807) is 29.3 Å². The average Bonchev–Trinajstić information content (AvgIpc) is 2.52. The van der Waals surface area contributed by atoms with Crippen LogP contribution < -0.4 is 11.1 Å². The molecular formula is C15H24Cl2N4O2. The van der Waals surface area contributed by atoms with Crippen LogP contribution in [0.3, 0.4) is 0 Å². The van der Waals surface area contributed by atoms with Gasteiger partial charge in [0.05, 0.1) is 6.54 Å². The number of carbonyl (C=O) groups excluding carboxylic acids is 2. The molecule has 8 heteroatoms. The van der Waals surface area contributed by atoms with Crippen LogP contribution in [-0.4, -0.2) is 47.4 Å². The van der Waals surface area contributed by atoms with Crippen molar-refractivity contribution in [2.75, 3.05) is 19.6 Å². The first-order valence-electron chi connectivity index (χ1n) is 7.30. The Morgan fingerprint density at radius 2 is 2.13 bits per heavy atom. The molecule has 2 rings (SSSR count). The van der Waals surface area contributed by atoms with E-state index in [-0.39, 0.29) is 49.2 Å². The van der Waals surface area contributed by atoms with Crippen LogP contribution in [0.25, 0.3) is 0 Å². The van der Waals surface area contributed by atoms with Crippen LogP contribution in [0.2, 0.25) is 0 Å². The van der Waals surface area contributed by atoms with Gasteiger partial charge in [-0.2, -0.15) is 0 Å². The van der Waals surface area contributed by atoms with E-state index in [1.807, 2.05) is 0 Å². The fourth-order valence-electron chi connectivity index (χ4n) is 2.65. The molecule has 0 spiro atoms. The van der Waals surface area contributed by atoms with Crippen molar-refractivity contribution >= 4 is 36.6 Å². The molecule has 0 aliphatic carbocycles. The maximum absolute atomic E-state index is 12.2. The molecule has 6 nitrogen and oxygen atoms in total. The molecule has 23 heavy (non-hydrogen) atoms. The molecule has 1 fully saturated rings. The van der Waals surface area contributed by atoms with Gasteiger partial charge < -0.3 is 16.0 Å². The molecule has 2 unspecified atom stereocenters. The molecule has 130 valence electrons. The molecule has 0 bridgehead atoms. The minimum absolute atomic E-state index is 0. The third-order valence-electron chi connectivity index (χ3n) is 3.87. The Morgan fingerprint density at radius 3 is 2.74 bits per heavy atom. The summed E-state index contributed by atoms with van der Waals surface area (Å²) in [6.45, 7) is 3.33. The number of amides is 2. The van der Waals surface area contributed by atoms with E-state index in [0.29, 0.717) is 24.7 Å². The molecule has 3 N–H and O–H groups in total. The maximum Gasteiger partial charge on any atom is 0.270 e. The van der Waals surface area contributed by atoms with Crippen LogP contribution in [0.1, 0.15) is 30.3 Å². The van der Waals surface area contributed by atoms with E-state index in [4.69, 9.17) is 5.73 Å². The van der Waals surface area contributed by atoms with Crippen molar-refractivity contribution in [3.8, 4) is 0 Å². The summed E-state index contributed by atoms with van der Waals surface area (Å²) in [6.07, 6.45) is 3.46. The van der Waals surface area contributed by atoms with E-state index < -0.39 is 0 Å². The molecule has 1 aliphatic heterocycles. The predicted octanol–water partition coefficient (Wildman–Crippen LogP) is 1.24. The standard InChI is InChI=1S/C15H22N4O2.2ClH/c1-11-5-7-19(12(8-11)9-16)14(20)10-18-15(21)13-4-2-3-6-17-13;;/h2-4,6,11-12H,5,7-10,16H2,1H3,(H,18,21);2*1H. The molecule has 1 saturated heterocycles. The molecule has 0 radical (unpaired) electrons. The number of aromatic nitrogens is 1. The smallest absolute Gasteiger partial charge is 0.270 e. The minimum atomic E-state index is -0.335. The number of likely N-dealkylation sites (tertiary alicyclic amines) is 1. The number of hydrogen-bond donors (Lipinski definition) is 2. The number of hydrogen-bond acceptors (Lipinski definition) is 4. The number of halogens is 2. The minimum Gasteiger partial charge on any atom is -0.342 e. The lowest BCUT2D eigenvalue weighted by Crippen LogP contribution is -2.52. The Labute approximate surface area is 149 Å². The van der Waals surface area contributed by atoms with Crippen molar-refractivity contribution in [1.29, 1.82) is 0 Å². The molecule has 0 aromatic carbocycles. The van der Waals surface area contributed by atoms with Crippen molar-refractivity contribution in [2.24, 2.45) is 11.7 Å². The second kappa shape index (κ2) is 10.4. The largest absolute Gasteiger partial charge is 0.342 e. The average molecular weight is 363 g/mol. The molecular weight excluding hydrogens is 339 g/mol. The lowest BCUT2D eigenvalue weighted by Gasteiger charge is -2.38. The quantitative estimate of drug-likeness (QED) is 0.843. The molecule has 0 saturated carbocycles. The first kappa shape index (κ1) is 21.6. The van der Waals surface area contributed by atoms with Gasteiger partial charge in [-0.15, -0.1) is 24.8 Å². The summed E-state index contributed by atoms with van der Waals surface area (Å²) >= 11 is 0. The fourth-order valence-corrected chi connectivity index (χ4v) is 2.65. The summed E-state index contributed by atoms with van der Waals surface area (Å²) in [5.41, 5.74) is 6.06. The molecule has 1 aliphatic rings. The highest BCUT2D eigenvalue weighted by Crippen LogP contribution is 2.21. The number of nitrogens with one attached hydrogen (secondary N) is 1. The molecule has 2 heterocycles. The lowest BCUT2D eigenvalue weighted by molar-refractivity contribution is -0.134. The van der Waals surface area contributed by atoms with Crippen LogP contribution in [0.4, 0.5) is 0 Å². The zero-order chi connectivity index (χ0) is 15.2. The summed E-state index contributed by atoms with van der Waals surface area (Å²) in [5, 5.41) is 2.62. The predicted molar refractivity (Wildman–Crippen MR) is 94.0 cm³/mol. The third-order valence-corrected chi connectivity index (χ3v) is 3.87.